The van der Waals surface area contributed by atoms with Gasteiger partial charge in [-0.25, -0.2) is 9.97 Å². The molecule has 1 aliphatic heterocycles. The van der Waals surface area contributed by atoms with Gasteiger partial charge in [0.25, 0.3) is 5.91 Å². The van der Waals surface area contributed by atoms with Gasteiger partial charge >= 0.3 is 0 Å². The zero-order chi connectivity index (χ0) is 33.1. The van der Waals surface area contributed by atoms with Crippen molar-refractivity contribution < 1.29 is 23.1 Å². The van der Waals surface area contributed by atoms with Gasteiger partial charge in [0.15, 0.2) is 25.4 Å². The summed E-state index contributed by atoms with van der Waals surface area (Å²) in [4.78, 5) is 28.6. The Morgan fingerprint density at radius 3 is 2.63 bits per heavy atom. The molecule has 0 aliphatic carbocycles. The fourth-order valence-electron chi connectivity index (χ4n) is 5.01. The molecule has 242 valence electrons. The van der Waals surface area contributed by atoms with Gasteiger partial charge in [-0.1, -0.05) is 20.8 Å². The van der Waals surface area contributed by atoms with Crippen LogP contribution < -0.4 is 10.1 Å². The van der Waals surface area contributed by atoms with Crippen molar-refractivity contribution in [2.75, 3.05) is 45.8 Å². The molecule has 0 spiro atoms. The van der Waals surface area contributed by atoms with Gasteiger partial charge in [0.1, 0.15) is 23.0 Å². The number of methoxy groups -OCH3 is 1. The van der Waals surface area contributed by atoms with Crippen molar-refractivity contribution in [3.05, 3.63) is 54.0 Å². The number of fused-ring (bicyclic) bond motifs is 1. The minimum atomic E-state index is -1.91. The molecule has 1 aliphatic rings. The van der Waals surface area contributed by atoms with Crippen LogP contribution in [0.15, 0.2) is 47.1 Å². The molecule has 12 heteroatoms. The predicted octanol–water partition coefficient (Wildman–Crippen LogP) is 6.52. The van der Waals surface area contributed by atoms with Crippen molar-refractivity contribution in [3.63, 3.8) is 0 Å². The molecule has 1 amide bonds. The number of carbonyl (C=O) groups excluding carboxylic acids is 1. The minimum absolute atomic E-state index is 0.0957. The zero-order valence-corrected chi connectivity index (χ0v) is 28.6. The van der Waals surface area contributed by atoms with Gasteiger partial charge in [0.05, 0.1) is 30.7 Å². The maximum atomic E-state index is 13.3. The van der Waals surface area contributed by atoms with E-state index in [4.69, 9.17) is 18.3 Å². The van der Waals surface area contributed by atoms with Crippen LogP contribution in [0.5, 0.6) is 5.75 Å². The lowest BCUT2D eigenvalue weighted by atomic mass is 10.1. The second-order valence-corrected chi connectivity index (χ2v) is 17.8. The van der Waals surface area contributed by atoms with Crippen LogP contribution in [0, 0.1) is 11.3 Å². The number of rotatable bonds is 10. The van der Waals surface area contributed by atoms with Gasteiger partial charge in [-0.2, -0.15) is 5.26 Å². The van der Waals surface area contributed by atoms with Gasteiger partial charge in [-0.15, -0.1) is 0 Å². The first-order chi connectivity index (χ1) is 21.9. The highest BCUT2D eigenvalue weighted by Crippen LogP contribution is 2.38. The summed E-state index contributed by atoms with van der Waals surface area (Å²) < 4.78 is 23.7. The first kappa shape index (κ1) is 33.1. The van der Waals surface area contributed by atoms with E-state index < -0.39 is 8.32 Å². The smallest absolute Gasteiger partial charge is 0.255 e. The van der Waals surface area contributed by atoms with E-state index in [0.29, 0.717) is 82.9 Å². The van der Waals surface area contributed by atoms with Crippen LogP contribution in [0.4, 0.5) is 5.69 Å². The molecule has 5 rings (SSSR count). The average molecular weight is 643 g/mol. The number of aromatic nitrogens is 3. The van der Waals surface area contributed by atoms with Crippen LogP contribution in [0.3, 0.4) is 0 Å². The van der Waals surface area contributed by atoms with E-state index in [-0.39, 0.29) is 17.0 Å². The maximum Gasteiger partial charge on any atom is 0.255 e. The van der Waals surface area contributed by atoms with Crippen molar-refractivity contribution >= 4 is 31.0 Å². The number of nitriles is 1. The maximum absolute atomic E-state index is 13.3. The molecule has 1 fully saturated rings. The SMILES string of the molecule is COc1cc(C(=O)N(C)CCO[Si](C)(C)C(C)(C)C)cnc1-c1cc2nccc(-c3ccc(NC4CCOCC4)c(C#N)n3)c2o1. The number of anilines is 1. The van der Waals surface area contributed by atoms with Crippen molar-refractivity contribution in [1.82, 2.24) is 19.9 Å². The Balaban J connectivity index is 1.36. The normalized spacial score (nSPS) is 14.2. The lowest BCUT2D eigenvalue weighted by molar-refractivity contribution is 0.0769. The summed E-state index contributed by atoms with van der Waals surface area (Å²) in [6.45, 7) is 13.3. The number of hydrogen-bond donors (Lipinski definition) is 1. The van der Waals surface area contributed by atoms with E-state index in [1.54, 1.807) is 30.3 Å². The number of carbonyl (C=O) groups is 1. The molecule has 0 saturated carbocycles. The predicted molar refractivity (Wildman–Crippen MR) is 179 cm³/mol. The van der Waals surface area contributed by atoms with E-state index in [0.717, 1.165) is 12.8 Å². The lowest BCUT2D eigenvalue weighted by Crippen LogP contribution is -2.43. The fourth-order valence-corrected chi connectivity index (χ4v) is 6.04. The van der Waals surface area contributed by atoms with E-state index >= 15 is 0 Å². The van der Waals surface area contributed by atoms with Gasteiger partial charge in [-0.05, 0) is 55.2 Å². The molecular formula is C34H42N6O5Si. The number of nitrogens with one attached hydrogen (secondary N) is 1. The molecule has 4 aromatic rings. The van der Waals surface area contributed by atoms with E-state index in [1.165, 1.54) is 13.3 Å². The van der Waals surface area contributed by atoms with E-state index in [9.17, 15) is 10.1 Å². The number of amides is 1. The summed E-state index contributed by atoms with van der Waals surface area (Å²) in [5.41, 5.74) is 4.22. The fraction of sp³-hybridized carbons (Fsp3) is 0.441. The highest BCUT2D eigenvalue weighted by Gasteiger charge is 2.37. The number of likely N-dealkylation sites (N-methyl/N-ethyl adjacent to an activating group) is 1. The minimum Gasteiger partial charge on any atom is -0.494 e. The Morgan fingerprint density at radius 1 is 1.17 bits per heavy atom. The second kappa shape index (κ2) is 13.6. The molecule has 46 heavy (non-hydrogen) atoms. The summed E-state index contributed by atoms with van der Waals surface area (Å²) in [6, 6.07) is 11.5. The molecule has 0 aromatic carbocycles. The highest BCUT2D eigenvalue weighted by atomic mass is 28.4. The summed E-state index contributed by atoms with van der Waals surface area (Å²) in [5, 5.41) is 13.4. The van der Waals surface area contributed by atoms with E-state index in [2.05, 4.69) is 60.2 Å². The summed E-state index contributed by atoms with van der Waals surface area (Å²) in [5.74, 6) is 0.643. The first-order valence-corrected chi connectivity index (χ1v) is 18.4. The molecule has 5 heterocycles. The molecule has 1 N–H and O–H groups in total. The molecule has 0 unspecified atom stereocenters. The number of pyridine rings is 3. The van der Waals surface area contributed by atoms with Crippen molar-refractivity contribution in [2.45, 2.75) is 57.8 Å². The van der Waals surface area contributed by atoms with Crippen LogP contribution in [0.1, 0.15) is 49.7 Å². The third-order valence-corrected chi connectivity index (χ3v) is 13.4. The molecule has 0 radical (unpaired) electrons. The van der Waals surface area contributed by atoms with Crippen LogP contribution in [-0.2, 0) is 9.16 Å². The van der Waals surface area contributed by atoms with Crippen LogP contribution in [-0.4, -0.2) is 80.6 Å². The van der Waals surface area contributed by atoms with Gasteiger partial charge in [0, 0.05) is 56.9 Å². The molecule has 11 nitrogen and oxygen atoms in total. The Bertz CT molecular complexity index is 1750. The molecular weight excluding hydrogens is 600 g/mol. The lowest BCUT2D eigenvalue weighted by Gasteiger charge is -2.36. The van der Waals surface area contributed by atoms with Crippen molar-refractivity contribution in [1.29, 1.82) is 5.26 Å². The number of nitrogens with zero attached hydrogens (tertiary/aromatic N) is 5. The summed E-state index contributed by atoms with van der Waals surface area (Å²) >= 11 is 0. The Labute approximate surface area is 271 Å². The Morgan fingerprint density at radius 2 is 1.93 bits per heavy atom. The molecule has 4 aromatic heterocycles. The third-order valence-electron chi connectivity index (χ3n) is 8.87. The van der Waals surface area contributed by atoms with Crippen LogP contribution >= 0.6 is 0 Å². The zero-order valence-electron chi connectivity index (χ0n) is 27.6. The number of ether oxygens (including phenoxy) is 2. The van der Waals surface area contributed by atoms with Crippen molar-refractivity contribution in [2.24, 2.45) is 0 Å². The summed E-state index contributed by atoms with van der Waals surface area (Å²) in [7, 11) is 1.37. The largest absolute Gasteiger partial charge is 0.494 e. The topological polar surface area (TPSA) is 136 Å². The van der Waals surface area contributed by atoms with E-state index in [1.807, 2.05) is 18.2 Å². The monoisotopic (exact) mass is 642 g/mol. The number of furan rings is 1. The summed E-state index contributed by atoms with van der Waals surface area (Å²) in [6.07, 6.45) is 4.96. The van der Waals surface area contributed by atoms with Crippen LogP contribution in [0.2, 0.25) is 18.1 Å². The first-order valence-electron chi connectivity index (χ1n) is 15.5. The Kier molecular flexibility index (Phi) is 9.76. The van der Waals surface area contributed by atoms with Gasteiger partial charge < -0.3 is 28.5 Å². The molecule has 0 bridgehead atoms. The highest BCUT2D eigenvalue weighted by molar-refractivity contribution is 6.74. The average Bonchev–Trinajstić information content (AvgIpc) is 3.48. The Hall–Kier alpha value is -4.31. The van der Waals surface area contributed by atoms with Gasteiger partial charge in [0.2, 0.25) is 0 Å². The van der Waals surface area contributed by atoms with Gasteiger partial charge in [-0.3, -0.25) is 9.78 Å². The standard InChI is InChI=1S/C34H42N6O5Si/c1-34(2,3)46(6,7)44-17-14-40(4)33(41)22-18-29(42-5)31(37-21-22)30-19-27-32(45-30)24(10-13-36-27)25-8-9-26(28(20-35)39-25)38-23-11-15-43-16-12-23/h8-10,13,18-19,21,23,38H,11-12,14-17H2,1-7H3. The quantitative estimate of drug-likeness (QED) is 0.191. The number of hydrogen-bond acceptors (Lipinski definition) is 10. The second-order valence-electron chi connectivity index (χ2n) is 13.0. The van der Waals surface area contributed by atoms with Crippen LogP contribution in [0.25, 0.3) is 33.8 Å². The molecule has 1 saturated heterocycles. The van der Waals surface area contributed by atoms with Crippen molar-refractivity contribution in [3.8, 4) is 34.5 Å². The molecule has 0 atom stereocenters. The third kappa shape index (κ3) is 7.07.